The highest BCUT2D eigenvalue weighted by Gasteiger charge is 2.10. The second kappa shape index (κ2) is 4.20. The first-order chi connectivity index (χ1) is 6.02. The lowest BCUT2D eigenvalue weighted by Crippen LogP contribution is -2.19. The summed E-state index contributed by atoms with van der Waals surface area (Å²) in [5.74, 6) is -0.147. The molecule has 0 spiro atoms. The van der Waals surface area contributed by atoms with Gasteiger partial charge in [0.25, 0.3) is 0 Å². The SMILES string of the molecule is Cc1ccc(Br)c(CC(C)N)c1F. The Labute approximate surface area is 86.3 Å². The summed E-state index contributed by atoms with van der Waals surface area (Å²) < 4.78 is 14.3. The molecule has 72 valence electrons. The molecule has 1 unspecified atom stereocenters. The summed E-state index contributed by atoms with van der Waals surface area (Å²) in [7, 11) is 0. The molecule has 13 heavy (non-hydrogen) atoms. The fraction of sp³-hybridized carbons (Fsp3) is 0.400. The van der Waals surface area contributed by atoms with Gasteiger partial charge in [-0.25, -0.2) is 4.39 Å². The van der Waals surface area contributed by atoms with E-state index in [1.165, 1.54) is 0 Å². The van der Waals surface area contributed by atoms with E-state index in [1.807, 2.05) is 13.0 Å². The van der Waals surface area contributed by atoms with Crippen LogP contribution in [-0.2, 0) is 6.42 Å². The quantitative estimate of drug-likeness (QED) is 0.853. The second-order valence-corrected chi connectivity index (χ2v) is 4.19. The first-order valence-corrected chi connectivity index (χ1v) is 5.00. The molecule has 0 heterocycles. The van der Waals surface area contributed by atoms with Crippen molar-refractivity contribution in [3.05, 3.63) is 33.5 Å². The summed E-state index contributed by atoms with van der Waals surface area (Å²) >= 11 is 3.31. The van der Waals surface area contributed by atoms with E-state index in [1.54, 1.807) is 13.0 Å². The number of hydrogen-bond donors (Lipinski definition) is 1. The Kier molecular flexibility index (Phi) is 3.45. The maximum atomic E-state index is 13.5. The van der Waals surface area contributed by atoms with Gasteiger partial charge in [-0.2, -0.15) is 0 Å². The number of nitrogens with two attached hydrogens (primary N) is 1. The van der Waals surface area contributed by atoms with E-state index in [4.69, 9.17) is 5.73 Å². The van der Waals surface area contributed by atoms with Crippen LogP contribution in [0.25, 0.3) is 0 Å². The van der Waals surface area contributed by atoms with Gasteiger partial charge in [-0.05, 0) is 31.9 Å². The summed E-state index contributed by atoms with van der Waals surface area (Å²) in [6.07, 6.45) is 0.564. The molecule has 0 amide bonds. The molecule has 0 aliphatic heterocycles. The van der Waals surface area contributed by atoms with Gasteiger partial charge >= 0.3 is 0 Å². The molecule has 1 aromatic carbocycles. The summed E-state index contributed by atoms with van der Waals surface area (Å²) in [6.45, 7) is 3.63. The second-order valence-electron chi connectivity index (χ2n) is 3.34. The van der Waals surface area contributed by atoms with Crippen LogP contribution in [0, 0.1) is 12.7 Å². The maximum Gasteiger partial charge on any atom is 0.130 e. The fourth-order valence-corrected chi connectivity index (χ4v) is 1.69. The highest BCUT2D eigenvalue weighted by molar-refractivity contribution is 9.10. The van der Waals surface area contributed by atoms with E-state index in [9.17, 15) is 4.39 Å². The van der Waals surface area contributed by atoms with Crippen molar-refractivity contribution in [2.24, 2.45) is 5.73 Å². The zero-order valence-electron chi connectivity index (χ0n) is 7.77. The van der Waals surface area contributed by atoms with E-state index in [0.29, 0.717) is 17.5 Å². The van der Waals surface area contributed by atoms with Crippen molar-refractivity contribution < 1.29 is 4.39 Å². The molecule has 0 saturated carbocycles. The number of hydrogen-bond acceptors (Lipinski definition) is 1. The Balaban J connectivity index is 3.10. The van der Waals surface area contributed by atoms with Crippen molar-refractivity contribution in [1.82, 2.24) is 0 Å². The van der Waals surface area contributed by atoms with Crippen LogP contribution in [-0.4, -0.2) is 6.04 Å². The predicted octanol–water partition coefficient (Wildman–Crippen LogP) is 2.79. The van der Waals surface area contributed by atoms with Crippen LogP contribution in [0.2, 0.25) is 0 Å². The van der Waals surface area contributed by atoms with Crippen molar-refractivity contribution >= 4 is 15.9 Å². The molecule has 1 rings (SSSR count). The summed E-state index contributed by atoms with van der Waals surface area (Å²) in [5.41, 5.74) is 6.97. The Morgan fingerprint density at radius 1 is 1.54 bits per heavy atom. The number of benzene rings is 1. The number of rotatable bonds is 2. The van der Waals surface area contributed by atoms with Crippen molar-refractivity contribution in [2.75, 3.05) is 0 Å². The molecule has 0 bridgehead atoms. The Bertz CT molecular complexity index is 310. The van der Waals surface area contributed by atoms with E-state index in [2.05, 4.69) is 15.9 Å². The van der Waals surface area contributed by atoms with Gasteiger partial charge in [-0.3, -0.25) is 0 Å². The smallest absolute Gasteiger partial charge is 0.130 e. The van der Waals surface area contributed by atoms with E-state index >= 15 is 0 Å². The van der Waals surface area contributed by atoms with Crippen molar-refractivity contribution in [1.29, 1.82) is 0 Å². The van der Waals surface area contributed by atoms with Crippen LogP contribution in [0.5, 0.6) is 0 Å². The van der Waals surface area contributed by atoms with E-state index in [0.717, 1.165) is 4.47 Å². The van der Waals surface area contributed by atoms with Gasteiger partial charge < -0.3 is 5.73 Å². The average Bonchev–Trinajstić information content (AvgIpc) is 2.05. The van der Waals surface area contributed by atoms with Gasteiger partial charge in [0.2, 0.25) is 0 Å². The van der Waals surface area contributed by atoms with E-state index in [-0.39, 0.29) is 11.9 Å². The third-order valence-electron chi connectivity index (χ3n) is 1.91. The van der Waals surface area contributed by atoms with Crippen LogP contribution in [0.1, 0.15) is 18.1 Å². The summed E-state index contributed by atoms with van der Waals surface area (Å²) in [6, 6.07) is 3.59. The molecule has 0 aliphatic rings. The third-order valence-corrected chi connectivity index (χ3v) is 2.65. The molecule has 1 aromatic rings. The van der Waals surface area contributed by atoms with Crippen LogP contribution in [0.4, 0.5) is 4.39 Å². The summed E-state index contributed by atoms with van der Waals surface area (Å²) in [5, 5.41) is 0. The lowest BCUT2D eigenvalue weighted by Gasteiger charge is -2.10. The minimum absolute atomic E-state index is 0.0207. The van der Waals surface area contributed by atoms with Gasteiger partial charge in [0, 0.05) is 16.1 Å². The van der Waals surface area contributed by atoms with Crippen LogP contribution >= 0.6 is 15.9 Å². The van der Waals surface area contributed by atoms with Crippen LogP contribution in [0.15, 0.2) is 16.6 Å². The van der Waals surface area contributed by atoms with Crippen molar-refractivity contribution in [3.63, 3.8) is 0 Å². The fourth-order valence-electron chi connectivity index (χ4n) is 1.22. The minimum Gasteiger partial charge on any atom is -0.328 e. The van der Waals surface area contributed by atoms with Gasteiger partial charge in [-0.1, -0.05) is 22.0 Å². The molecule has 0 saturated heterocycles. The molecule has 0 radical (unpaired) electrons. The first-order valence-electron chi connectivity index (χ1n) is 4.21. The Hall–Kier alpha value is -0.410. The number of aryl methyl sites for hydroxylation is 1. The zero-order valence-corrected chi connectivity index (χ0v) is 9.36. The average molecular weight is 246 g/mol. The van der Waals surface area contributed by atoms with Gasteiger partial charge in [0.1, 0.15) is 5.82 Å². The topological polar surface area (TPSA) is 26.0 Å². The van der Waals surface area contributed by atoms with Gasteiger partial charge in [-0.15, -0.1) is 0 Å². The van der Waals surface area contributed by atoms with Crippen LogP contribution in [0.3, 0.4) is 0 Å². The lowest BCUT2D eigenvalue weighted by atomic mass is 10.0. The minimum atomic E-state index is -0.147. The van der Waals surface area contributed by atoms with Crippen LogP contribution < -0.4 is 5.73 Å². The Morgan fingerprint density at radius 3 is 2.69 bits per heavy atom. The molecule has 1 nitrogen and oxygen atoms in total. The van der Waals surface area contributed by atoms with Gasteiger partial charge in [0.05, 0.1) is 0 Å². The predicted molar refractivity (Wildman–Crippen MR) is 56.2 cm³/mol. The largest absolute Gasteiger partial charge is 0.328 e. The molecule has 3 heteroatoms. The monoisotopic (exact) mass is 245 g/mol. The Morgan fingerprint density at radius 2 is 2.15 bits per heavy atom. The first kappa shape index (κ1) is 10.7. The molecule has 2 N–H and O–H groups in total. The van der Waals surface area contributed by atoms with E-state index < -0.39 is 0 Å². The highest BCUT2D eigenvalue weighted by Crippen LogP contribution is 2.23. The standard InChI is InChI=1S/C10H13BrFN/c1-6-3-4-9(11)8(10(6)12)5-7(2)13/h3-4,7H,5,13H2,1-2H3. The summed E-state index contributed by atoms with van der Waals surface area (Å²) in [4.78, 5) is 0. The molecule has 0 aliphatic carbocycles. The van der Waals surface area contributed by atoms with Crippen molar-refractivity contribution in [2.45, 2.75) is 26.3 Å². The molecular weight excluding hydrogens is 233 g/mol. The molecule has 1 atom stereocenters. The maximum absolute atomic E-state index is 13.5. The highest BCUT2D eigenvalue weighted by atomic mass is 79.9. The lowest BCUT2D eigenvalue weighted by molar-refractivity contribution is 0.586. The van der Waals surface area contributed by atoms with Gasteiger partial charge in [0.15, 0.2) is 0 Å². The molecule has 0 aromatic heterocycles. The molecule has 0 fully saturated rings. The van der Waals surface area contributed by atoms with Crippen molar-refractivity contribution in [3.8, 4) is 0 Å². The molecular formula is C10H13BrFN. The number of halogens is 2. The zero-order chi connectivity index (χ0) is 10.0. The normalized spacial score (nSPS) is 13.0. The third kappa shape index (κ3) is 2.51.